The lowest BCUT2D eigenvalue weighted by Crippen LogP contribution is -2.17. The number of ether oxygens (including phenoxy) is 1. The summed E-state index contributed by atoms with van der Waals surface area (Å²) in [5.74, 6) is 0.428. The zero-order valence-corrected chi connectivity index (χ0v) is 17.9. The molecule has 3 rings (SSSR count). The molecule has 3 aromatic carbocycles. The number of hydrogen-bond donors (Lipinski definition) is 2. The fraction of sp³-hybridized carbons (Fsp3) is 0.182. The molecular formula is C22H24ClFN2O3S. The number of hydrogen-bond acceptors (Lipinski definition) is 4. The van der Waals surface area contributed by atoms with Gasteiger partial charge in [0.15, 0.2) is 0 Å². The summed E-state index contributed by atoms with van der Waals surface area (Å²) in [4.78, 5) is 0.107. The highest BCUT2D eigenvalue weighted by Crippen LogP contribution is 2.20. The lowest BCUT2D eigenvalue weighted by molar-refractivity contribution is 0.296. The molecule has 3 N–H and O–H groups in total. The second kappa shape index (κ2) is 11.1. The van der Waals surface area contributed by atoms with Gasteiger partial charge < -0.3 is 10.1 Å². The summed E-state index contributed by atoms with van der Waals surface area (Å²) in [5.41, 5.74) is 2.50. The van der Waals surface area contributed by atoms with E-state index in [-0.39, 0.29) is 29.7 Å². The van der Waals surface area contributed by atoms with Crippen molar-refractivity contribution in [2.24, 2.45) is 5.14 Å². The SMILES string of the molecule is Cl.NS(=O)(=O)c1ccc(CCNCc2ccccc2OCc2ccccc2F)cc1. The molecule has 0 aliphatic carbocycles. The van der Waals surface area contributed by atoms with E-state index in [0.29, 0.717) is 24.4 Å². The number of rotatable bonds is 9. The van der Waals surface area contributed by atoms with Crippen molar-refractivity contribution in [2.75, 3.05) is 6.54 Å². The maximum atomic E-state index is 13.8. The molecule has 0 amide bonds. The Balaban J connectivity index is 0.00000320. The third-order valence-corrected chi connectivity index (χ3v) is 5.40. The lowest BCUT2D eigenvalue weighted by Gasteiger charge is -2.13. The largest absolute Gasteiger partial charge is 0.488 e. The van der Waals surface area contributed by atoms with Crippen LogP contribution < -0.4 is 15.2 Å². The van der Waals surface area contributed by atoms with Gasteiger partial charge in [0.1, 0.15) is 18.2 Å². The van der Waals surface area contributed by atoms with Gasteiger partial charge in [-0.1, -0.05) is 48.5 Å². The van der Waals surface area contributed by atoms with Crippen LogP contribution in [-0.2, 0) is 29.6 Å². The van der Waals surface area contributed by atoms with Gasteiger partial charge in [-0.25, -0.2) is 17.9 Å². The average molecular weight is 451 g/mol. The first-order valence-electron chi connectivity index (χ1n) is 9.20. The molecule has 0 unspecified atom stereocenters. The molecule has 8 heteroatoms. The van der Waals surface area contributed by atoms with Crippen LogP contribution in [0.4, 0.5) is 4.39 Å². The second-order valence-electron chi connectivity index (χ2n) is 6.60. The van der Waals surface area contributed by atoms with Crippen LogP contribution in [0.25, 0.3) is 0 Å². The number of primary sulfonamides is 1. The molecule has 30 heavy (non-hydrogen) atoms. The van der Waals surface area contributed by atoms with Gasteiger partial charge in [0.05, 0.1) is 4.90 Å². The van der Waals surface area contributed by atoms with Crippen molar-refractivity contribution in [2.45, 2.75) is 24.5 Å². The van der Waals surface area contributed by atoms with Gasteiger partial charge >= 0.3 is 0 Å². The highest BCUT2D eigenvalue weighted by Gasteiger charge is 2.08. The normalized spacial score (nSPS) is 11.0. The molecule has 0 saturated carbocycles. The maximum absolute atomic E-state index is 13.8. The molecule has 0 spiro atoms. The fourth-order valence-corrected chi connectivity index (χ4v) is 3.38. The van der Waals surface area contributed by atoms with Crippen molar-refractivity contribution in [1.29, 1.82) is 0 Å². The predicted octanol–water partition coefficient (Wildman–Crippen LogP) is 3.81. The predicted molar refractivity (Wildman–Crippen MR) is 118 cm³/mol. The summed E-state index contributed by atoms with van der Waals surface area (Å²) < 4.78 is 42.2. The summed E-state index contributed by atoms with van der Waals surface area (Å²) in [6.07, 6.45) is 0.739. The van der Waals surface area contributed by atoms with Crippen LogP contribution in [0.1, 0.15) is 16.7 Å². The van der Waals surface area contributed by atoms with Gasteiger partial charge in [-0.15, -0.1) is 12.4 Å². The van der Waals surface area contributed by atoms with Crippen molar-refractivity contribution in [3.05, 3.63) is 95.3 Å². The molecule has 160 valence electrons. The molecule has 0 fully saturated rings. The molecule has 0 heterocycles. The van der Waals surface area contributed by atoms with Crippen LogP contribution in [-0.4, -0.2) is 15.0 Å². The Hall–Kier alpha value is -2.45. The standard InChI is InChI=1S/C22H23FN2O3S.ClH/c23-21-7-3-1-6-19(21)16-28-22-8-4-2-5-18(22)15-25-14-13-17-9-11-20(12-10-17)29(24,26)27;/h1-12,25H,13-16H2,(H2,24,26,27);1H. The van der Waals surface area contributed by atoms with Gasteiger partial charge in [-0.3, -0.25) is 0 Å². The lowest BCUT2D eigenvalue weighted by atomic mass is 10.1. The number of sulfonamides is 1. The number of nitrogens with two attached hydrogens (primary N) is 1. The van der Waals surface area contributed by atoms with E-state index in [1.165, 1.54) is 18.2 Å². The molecule has 0 radical (unpaired) electrons. The minimum absolute atomic E-state index is 0. The Morgan fingerprint density at radius 3 is 2.20 bits per heavy atom. The summed E-state index contributed by atoms with van der Waals surface area (Å²) in [6, 6.07) is 20.7. The van der Waals surface area contributed by atoms with Crippen molar-refractivity contribution < 1.29 is 17.5 Å². The second-order valence-corrected chi connectivity index (χ2v) is 8.16. The van der Waals surface area contributed by atoms with Crippen LogP contribution in [0.15, 0.2) is 77.7 Å². The van der Waals surface area contributed by atoms with Crippen molar-refractivity contribution in [1.82, 2.24) is 5.32 Å². The first-order chi connectivity index (χ1) is 13.9. The van der Waals surface area contributed by atoms with Crippen molar-refractivity contribution in [3.63, 3.8) is 0 Å². The van der Waals surface area contributed by atoms with E-state index >= 15 is 0 Å². The third-order valence-electron chi connectivity index (χ3n) is 4.47. The van der Waals surface area contributed by atoms with Crippen LogP contribution in [0.2, 0.25) is 0 Å². The van der Waals surface area contributed by atoms with E-state index in [0.717, 1.165) is 17.5 Å². The summed E-state index contributed by atoms with van der Waals surface area (Å²) in [5, 5.41) is 8.45. The first-order valence-corrected chi connectivity index (χ1v) is 10.7. The first kappa shape index (κ1) is 23.8. The van der Waals surface area contributed by atoms with Crippen LogP contribution in [0.3, 0.4) is 0 Å². The smallest absolute Gasteiger partial charge is 0.238 e. The summed E-state index contributed by atoms with van der Waals surface area (Å²) in [7, 11) is -3.67. The molecule has 5 nitrogen and oxygen atoms in total. The van der Waals surface area contributed by atoms with E-state index in [2.05, 4.69) is 5.32 Å². The Morgan fingerprint density at radius 1 is 0.900 bits per heavy atom. The monoisotopic (exact) mass is 450 g/mol. The van der Waals surface area contributed by atoms with Crippen molar-refractivity contribution in [3.8, 4) is 5.75 Å². The van der Waals surface area contributed by atoms with Gasteiger partial charge in [0.2, 0.25) is 10.0 Å². The van der Waals surface area contributed by atoms with E-state index in [9.17, 15) is 12.8 Å². The molecule has 0 aromatic heterocycles. The van der Waals surface area contributed by atoms with Crippen molar-refractivity contribution >= 4 is 22.4 Å². The zero-order valence-electron chi connectivity index (χ0n) is 16.3. The minimum atomic E-state index is -3.67. The number of benzene rings is 3. The summed E-state index contributed by atoms with van der Waals surface area (Å²) in [6.45, 7) is 1.47. The van der Waals surface area contributed by atoms with Gasteiger partial charge in [0, 0.05) is 17.7 Å². The number of halogens is 2. The van der Waals surface area contributed by atoms with Gasteiger partial charge in [-0.05, 0) is 42.8 Å². The Kier molecular flexibility index (Phi) is 8.80. The van der Waals surface area contributed by atoms with E-state index in [1.54, 1.807) is 30.3 Å². The van der Waals surface area contributed by atoms with Crippen LogP contribution in [0.5, 0.6) is 5.75 Å². The van der Waals surface area contributed by atoms with E-state index < -0.39 is 10.0 Å². The molecule has 0 bridgehead atoms. The molecule has 3 aromatic rings. The number of para-hydroxylation sites is 1. The van der Waals surface area contributed by atoms with E-state index in [4.69, 9.17) is 9.88 Å². The molecule has 0 atom stereocenters. The highest BCUT2D eigenvalue weighted by molar-refractivity contribution is 7.89. The minimum Gasteiger partial charge on any atom is -0.488 e. The van der Waals surface area contributed by atoms with E-state index in [1.807, 2.05) is 24.3 Å². The Labute approximate surface area is 182 Å². The van der Waals surface area contributed by atoms with Gasteiger partial charge in [-0.2, -0.15) is 0 Å². The fourth-order valence-electron chi connectivity index (χ4n) is 2.86. The van der Waals surface area contributed by atoms with Crippen LogP contribution in [0, 0.1) is 5.82 Å². The topological polar surface area (TPSA) is 81.4 Å². The zero-order chi connectivity index (χ0) is 20.7. The van der Waals surface area contributed by atoms with Gasteiger partial charge in [0.25, 0.3) is 0 Å². The quantitative estimate of drug-likeness (QED) is 0.486. The highest BCUT2D eigenvalue weighted by atomic mass is 35.5. The average Bonchev–Trinajstić information content (AvgIpc) is 2.71. The van der Waals surface area contributed by atoms with Crippen LogP contribution >= 0.6 is 12.4 Å². The molecule has 0 saturated heterocycles. The maximum Gasteiger partial charge on any atom is 0.238 e. The molecular weight excluding hydrogens is 427 g/mol. The Morgan fingerprint density at radius 2 is 1.53 bits per heavy atom. The summed E-state index contributed by atoms with van der Waals surface area (Å²) >= 11 is 0. The third kappa shape index (κ3) is 6.81. The molecule has 0 aliphatic rings. The molecule has 0 aliphatic heterocycles. The Bertz CT molecular complexity index is 1060. The number of nitrogens with one attached hydrogen (secondary N) is 1.